The first kappa shape index (κ1) is 33.8. The summed E-state index contributed by atoms with van der Waals surface area (Å²) in [5, 5.41) is 11.0. The van der Waals surface area contributed by atoms with E-state index in [1.165, 1.54) is 5.56 Å². The van der Waals surface area contributed by atoms with Gasteiger partial charge in [-0.3, -0.25) is 14.4 Å². The van der Waals surface area contributed by atoms with Gasteiger partial charge in [0, 0.05) is 61.5 Å². The van der Waals surface area contributed by atoms with Gasteiger partial charge in [-0.2, -0.15) is 0 Å². The van der Waals surface area contributed by atoms with Crippen molar-refractivity contribution in [2.45, 2.75) is 26.2 Å². The Balaban J connectivity index is 0.00000406. The van der Waals surface area contributed by atoms with Gasteiger partial charge in [-0.05, 0) is 64.1 Å². The van der Waals surface area contributed by atoms with Crippen LogP contribution in [0.1, 0.15) is 26.3 Å². The normalized spacial score (nSPS) is 11.4. The van der Waals surface area contributed by atoms with E-state index in [1.807, 2.05) is 67.0 Å². The number of hydrogen-bond acceptors (Lipinski definition) is 4. The quantitative estimate of drug-likeness (QED) is 0.169. The molecule has 0 bridgehead atoms. The van der Waals surface area contributed by atoms with Gasteiger partial charge in [-0.1, -0.05) is 111 Å². The molecule has 1 N–H and O–H groups in total. The van der Waals surface area contributed by atoms with E-state index >= 15 is 0 Å². The van der Waals surface area contributed by atoms with Crippen molar-refractivity contribution in [1.82, 2.24) is 19.4 Å². The number of para-hydroxylation sites is 1. The number of rotatable bonds is 6. The van der Waals surface area contributed by atoms with Crippen molar-refractivity contribution in [2.24, 2.45) is 0 Å². The van der Waals surface area contributed by atoms with Crippen LogP contribution in [-0.4, -0.2) is 24.5 Å². The molecule has 8 aromatic rings. The van der Waals surface area contributed by atoms with Crippen LogP contribution >= 0.6 is 0 Å². The van der Waals surface area contributed by atoms with E-state index in [1.54, 1.807) is 6.07 Å². The zero-order valence-electron chi connectivity index (χ0n) is 28.5. The van der Waals surface area contributed by atoms with Gasteiger partial charge in [0.15, 0.2) is 0 Å². The van der Waals surface area contributed by atoms with Crippen LogP contribution < -0.4 is 0 Å². The van der Waals surface area contributed by atoms with E-state index in [0.717, 1.165) is 61.7 Å². The smallest absolute Gasteiger partial charge is 0.145 e. The molecule has 51 heavy (non-hydrogen) atoms. The number of aromatic hydroxyl groups is 1. The predicted molar refractivity (Wildman–Crippen MR) is 203 cm³/mol. The van der Waals surface area contributed by atoms with Crippen LogP contribution in [0.15, 0.2) is 152 Å². The summed E-state index contributed by atoms with van der Waals surface area (Å²) in [6.07, 6.45) is 5.87. The van der Waals surface area contributed by atoms with Crippen molar-refractivity contribution in [2.75, 3.05) is 0 Å². The minimum Gasteiger partial charge on any atom is -0.507 e. The van der Waals surface area contributed by atoms with Crippen LogP contribution in [0, 0.1) is 6.07 Å². The van der Waals surface area contributed by atoms with E-state index < -0.39 is 0 Å². The van der Waals surface area contributed by atoms with E-state index in [-0.39, 0.29) is 32.2 Å². The third kappa shape index (κ3) is 6.66. The summed E-state index contributed by atoms with van der Waals surface area (Å²) in [6.45, 7) is 6.61. The molecule has 4 aromatic heterocycles. The number of fused-ring (bicyclic) bond motifs is 1. The average Bonchev–Trinajstić information content (AvgIpc) is 3.60. The Morgan fingerprint density at radius 3 is 2.02 bits per heavy atom. The fourth-order valence-electron chi connectivity index (χ4n) is 6.48. The van der Waals surface area contributed by atoms with Gasteiger partial charge in [0.2, 0.25) is 0 Å². The molecule has 0 aliphatic rings. The monoisotopic (exact) mass is 842 g/mol. The number of nitrogens with zero attached hydrogens (tertiary/aromatic N) is 4. The number of phenolic OH excluding ortho intramolecular Hbond substituents is 1. The molecule has 0 saturated carbocycles. The van der Waals surface area contributed by atoms with Gasteiger partial charge in [0.05, 0.1) is 17.6 Å². The molecule has 0 atom stereocenters. The largest absolute Gasteiger partial charge is 0.507 e. The molecule has 0 amide bonds. The number of imidazole rings is 1. The van der Waals surface area contributed by atoms with Crippen molar-refractivity contribution in [3.05, 3.63) is 164 Å². The molecule has 4 heterocycles. The first-order chi connectivity index (χ1) is 24.3. The van der Waals surface area contributed by atoms with E-state index in [4.69, 9.17) is 15.0 Å². The topological polar surface area (TPSA) is 63.3 Å². The molecular weight excluding hydrogens is 808 g/mol. The molecule has 6 heteroatoms. The minimum absolute atomic E-state index is 0. The molecule has 8 rings (SSSR count). The van der Waals surface area contributed by atoms with Crippen molar-refractivity contribution in [3.8, 4) is 73.0 Å². The molecule has 5 nitrogen and oxygen atoms in total. The molecule has 0 aliphatic carbocycles. The second-order valence-electron chi connectivity index (χ2n) is 13.5. The number of aromatic nitrogens is 4. The maximum atomic E-state index is 11.0. The zero-order valence-corrected chi connectivity index (χ0v) is 30.8. The van der Waals surface area contributed by atoms with Crippen molar-refractivity contribution >= 4 is 5.65 Å². The molecule has 0 spiro atoms. The average molecular weight is 843 g/mol. The second kappa shape index (κ2) is 13.9. The Hall–Kier alpha value is -5.64. The standard InChI is InChI=1S/C45H35N4O.Pt/c1-45(2,3)34-22-23-46-39(28-34)31-15-11-16-32(25-31)40-26-33(27-41(48-40)38-19-9-10-21-43(38)50)35-17-7-8-18-36(35)37-20-12-24-49-42(29-47-44(37)49)30-13-5-4-6-14-30;/h4-24,26-29,50H,1-3H3;/q-1;. The summed E-state index contributed by atoms with van der Waals surface area (Å²) in [7, 11) is 0. The number of pyridine rings is 3. The zero-order chi connectivity index (χ0) is 34.2. The first-order valence-electron chi connectivity index (χ1n) is 16.7. The first-order valence-corrected chi connectivity index (χ1v) is 16.7. The van der Waals surface area contributed by atoms with Crippen LogP contribution in [0.3, 0.4) is 0 Å². The summed E-state index contributed by atoms with van der Waals surface area (Å²) < 4.78 is 2.15. The molecule has 0 fully saturated rings. The summed E-state index contributed by atoms with van der Waals surface area (Å²) in [5.41, 5.74) is 13.0. The van der Waals surface area contributed by atoms with Gasteiger partial charge in [-0.25, -0.2) is 4.98 Å². The fourth-order valence-corrected chi connectivity index (χ4v) is 6.48. The fraction of sp³-hybridized carbons (Fsp3) is 0.0889. The molecule has 4 aromatic carbocycles. The van der Waals surface area contributed by atoms with Crippen LogP contribution in [0.25, 0.3) is 72.9 Å². The van der Waals surface area contributed by atoms with Gasteiger partial charge < -0.3 is 5.11 Å². The van der Waals surface area contributed by atoms with Crippen molar-refractivity contribution in [1.29, 1.82) is 0 Å². The van der Waals surface area contributed by atoms with Crippen LogP contribution in [0.5, 0.6) is 5.75 Å². The Morgan fingerprint density at radius 1 is 0.588 bits per heavy atom. The van der Waals surface area contributed by atoms with Gasteiger partial charge in [0.1, 0.15) is 11.4 Å². The van der Waals surface area contributed by atoms with E-state index in [2.05, 4.69) is 110 Å². The van der Waals surface area contributed by atoms with Gasteiger partial charge in [0.25, 0.3) is 0 Å². The Morgan fingerprint density at radius 2 is 1.25 bits per heavy atom. The molecule has 252 valence electrons. The summed E-state index contributed by atoms with van der Waals surface area (Å²) >= 11 is 0. The minimum atomic E-state index is -0.00496. The SMILES string of the molecule is CC(C)(C)c1ccnc(-c2[c-]c(-c3cc(-c4ccccc4-c4cccn5c(-c6ccccc6)cnc45)cc(-c4ccccc4O)n3)ccc2)c1.[Pt]. The van der Waals surface area contributed by atoms with Crippen LogP contribution in [0.2, 0.25) is 0 Å². The van der Waals surface area contributed by atoms with E-state index in [9.17, 15) is 5.11 Å². The molecular formula is C45H35N4OPt-. The summed E-state index contributed by atoms with van der Waals surface area (Å²) in [5.74, 6) is 0.174. The maximum Gasteiger partial charge on any atom is 0.145 e. The van der Waals surface area contributed by atoms with Crippen molar-refractivity contribution in [3.63, 3.8) is 0 Å². The summed E-state index contributed by atoms with van der Waals surface area (Å²) in [4.78, 5) is 14.7. The van der Waals surface area contributed by atoms with E-state index in [0.29, 0.717) is 11.3 Å². The Bertz CT molecular complexity index is 2500. The third-order valence-electron chi connectivity index (χ3n) is 9.11. The Labute approximate surface area is 312 Å². The second-order valence-corrected chi connectivity index (χ2v) is 13.5. The Kier molecular flexibility index (Phi) is 9.25. The van der Waals surface area contributed by atoms with Crippen molar-refractivity contribution < 1.29 is 26.2 Å². The van der Waals surface area contributed by atoms with Gasteiger partial charge in [-0.15, -0.1) is 24.3 Å². The third-order valence-corrected chi connectivity index (χ3v) is 9.11. The molecule has 0 radical (unpaired) electrons. The maximum absolute atomic E-state index is 11.0. The molecule has 0 unspecified atom stereocenters. The molecule has 0 saturated heterocycles. The number of hydrogen-bond donors (Lipinski definition) is 1. The predicted octanol–water partition coefficient (Wildman–Crippen LogP) is 10.9. The van der Waals surface area contributed by atoms with Crippen LogP contribution in [-0.2, 0) is 26.5 Å². The molecule has 0 aliphatic heterocycles. The van der Waals surface area contributed by atoms with Crippen LogP contribution in [0.4, 0.5) is 0 Å². The summed E-state index contributed by atoms with van der Waals surface area (Å²) in [6, 6.07) is 48.3. The van der Waals surface area contributed by atoms with Gasteiger partial charge >= 0.3 is 0 Å². The number of phenols is 1. The number of benzene rings is 4.